The fourth-order valence-corrected chi connectivity index (χ4v) is 7.63. The van der Waals surface area contributed by atoms with Crippen molar-refractivity contribution in [2.24, 2.45) is 34.0 Å². The molecule has 4 rings (SSSR count). The van der Waals surface area contributed by atoms with Crippen molar-refractivity contribution < 1.29 is 14.3 Å². The van der Waals surface area contributed by atoms with Crippen molar-refractivity contribution in [2.75, 3.05) is 6.61 Å². The zero-order valence-electron chi connectivity index (χ0n) is 18.3. The van der Waals surface area contributed by atoms with E-state index < -0.39 is 0 Å². The third-order valence-electron chi connectivity index (χ3n) is 9.13. The molecule has 28 heavy (non-hydrogen) atoms. The molecule has 5 atom stereocenters. The first kappa shape index (κ1) is 19.9. The molecule has 0 aromatic rings. The van der Waals surface area contributed by atoms with Gasteiger partial charge in [-0.1, -0.05) is 31.1 Å². The molecule has 0 radical (unpaired) electrons. The average Bonchev–Trinajstić information content (AvgIpc) is 2.95. The van der Waals surface area contributed by atoms with Gasteiger partial charge >= 0.3 is 5.97 Å². The van der Waals surface area contributed by atoms with E-state index in [1.807, 2.05) is 6.92 Å². The maximum atomic E-state index is 12.6. The fourth-order valence-electron chi connectivity index (χ4n) is 7.63. The van der Waals surface area contributed by atoms with Gasteiger partial charge in [0.2, 0.25) is 0 Å². The fraction of sp³-hybridized carbons (Fsp3) is 0.760. The van der Waals surface area contributed by atoms with Crippen LogP contribution in [0.5, 0.6) is 0 Å². The van der Waals surface area contributed by atoms with Gasteiger partial charge in [-0.25, -0.2) is 4.79 Å². The third kappa shape index (κ3) is 2.68. The third-order valence-corrected chi connectivity index (χ3v) is 9.13. The number of esters is 1. The normalized spacial score (nSPS) is 43.0. The number of carbonyl (C=O) groups is 2. The predicted octanol–water partition coefficient (Wildman–Crippen LogP) is 5.64. The van der Waals surface area contributed by atoms with Crippen LogP contribution in [-0.2, 0) is 14.3 Å². The number of fused-ring (bicyclic) bond motifs is 5. The number of Topliss-reactive ketones (excluding diaryl/α,β-unsaturated/α-hetero) is 1. The quantitative estimate of drug-likeness (QED) is 0.351. The summed E-state index contributed by atoms with van der Waals surface area (Å²) in [6, 6.07) is 0. The zero-order chi connectivity index (χ0) is 20.3. The Balaban J connectivity index is 1.66. The number of rotatable bonds is 2. The molecule has 0 unspecified atom stereocenters. The van der Waals surface area contributed by atoms with Crippen molar-refractivity contribution >= 4 is 11.8 Å². The van der Waals surface area contributed by atoms with Gasteiger partial charge in [0.1, 0.15) is 5.78 Å². The second kappa shape index (κ2) is 6.57. The molecule has 3 saturated carbocycles. The Labute approximate surface area is 170 Å². The van der Waals surface area contributed by atoms with E-state index in [0.29, 0.717) is 30.1 Å². The summed E-state index contributed by atoms with van der Waals surface area (Å²) in [5.74, 6) is 2.22. The van der Waals surface area contributed by atoms with Crippen molar-refractivity contribution in [1.29, 1.82) is 0 Å². The molecule has 3 nitrogen and oxygen atoms in total. The van der Waals surface area contributed by atoms with Gasteiger partial charge in [-0.3, -0.25) is 4.79 Å². The number of carbonyl (C=O) groups excluding carboxylic acids is 2. The molecule has 0 spiro atoms. The summed E-state index contributed by atoms with van der Waals surface area (Å²) >= 11 is 0. The minimum atomic E-state index is -0.302. The van der Waals surface area contributed by atoms with Crippen LogP contribution in [0, 0.1) is 34.0 Å². The molecule has 0 bridgehead atoms. The molecule has 0 amide bonds. The highest BCUT2D eigenvalue weighted by atomic mass is 16.5. The Morgan fingerprint density at radius 2 is 1.82 bits per heavy atom. The van der Waals surface area contributed by atoms with Crippen molar-refractivity contribution in [3.05, 3.63) is 23.3 Å². The van der Waals surface area contributed by atoms with Crippen molar-refractivity contribution in [3.8, 4) is 0 Å². The summed E-state index contributed by atoms with van der Waals surface area (Å²) in [6.45, 7) is 11.4. The van der Waals surface area contributed by atoms with Crippen LogP contribution in [0.3, 0.4) is 0 Å². The molecule has 0 aromatic carbocycles. The first-order chi connectivity index (χ1) is 13.1. The Kier molecular flexibility index (Phi) is 4.67. The number of ether oxygens (including phenoxy) is 1. The number of allylic oxidation sites excluding steroid dienone is 3. The lowest BCUT2D eigenvalue weighted by molar-refractivity contribution is -0.137. The van der Waals surface area contributed by atoms with E-state index in [-0.39, 0.29) is 22.2 Å². The number of hydrogen-bond acceptors (Lipinski definition) is 3. The topological polar surface area (TPSA) is 43.4 Å². The van der Waals surface area contributed by atoms with Gasteiger partial charge in [0.05, 0.1) is 6.61 Å². The molecule has 0 aliphatic heterocycles. The van der Waals surface area contributed by atoms with Crippen LogP contribution in [0.1, 0.15) is 79.6 Å². The molecule has 4 aliphatic carbocycles. The second-order valence-corrected chi connectivity index (χ2v) is 10.6. The van der Waals surface area contributed by atoms with Crippen molar-refractivity contribution in [3.63, 3.8) is 0 Å². The van der Waals surface area contributed by atoms with E-state index in [1.54, 1.807) is 6.08 Å². The Morgan fingerprint density at radius 3 is 2.54 bits per heavy atom. The SMILES string of the molecule is CCOC(=O)C=C1CC[C@H]2[C@@H]3CC=C4C(C)(C)C(=O)CC[C@]4(C)[C@H]3CC[C@]12C. The first-order valence-electron chi connectivity index (χ1n) is 11.3. The van der Waals surface area contributed by atoms with Crippen LogP contribution in [0.15, 0.2) is 23.3 Å². The Morgan fingerprint density at radius 1 is 1.11 bits per heavy atom. The van der Waals surface area contributed by atoms with Crippen LogP contribution < -0.4 is 0 Å². The molecular weight excluding hydrogens is 348 g/mol. The highest BCUT2D eigenvalue weighted by Gasteiger charge is 2.59. The summed E-state index contributed by atoms with van der Waals surface area (Å²) in [6.07, 6.45) is 11.6. The second-order valence-electron chi connectivity index (χ2n) is 10.6. The van der Waals surface area contributed by atoms with Gasteiger partial charge in [-0.2, -0.15) is 0 Å². The van der Waals surface area contributed by atoms with Gasteiger partial charge in [-0.05, 0) is 87.9 Å². The van der Waals surface area contributed by atoms with E-state index in [2.05, 4.69) is 33.8 Å². The van der Waals surface area contributed by atoms with Gasteiger partial charge in [0, 0.05) is 17.9 Å². The lowest BCUT2D eigenvalue weighted by atomic mass is 9.45. The minimum absolute atomic E-state index is 0.135. The van der Waals surface area contributed by atoms with Crippen LogP contribution in [0.25, 0.3) is 0 Å². The van der Waals surface area contributed by atoms with E-state index in [4.69, 9.17) is 4.74 Å². The molecule has 3 heteroatoms. The molecule has 154 valence electrons. The maximum Gasteiger partial charge on any atom is 0.330 e. The lowest BCUT2D eigenvalue weighted by Gasteiger charge is -2.59. The summed E-state index contributed by atoms with van der Waals surface area (Å²) in [5.41, 5.74) is 2.73. The van der Waals surface area contributed by atoms with Crippen LogP contribution in [-0.4, -0.2) is 18.4 Å². The molecule has 3 fully saturated rings. The summed E-state index contributed by atoms with van der Waals surface area (Å²) < 4.78 is 5.20. The molecular formula is C25H36O3. The number of hydrogen-bond donors (Lipinski definition) is 0. The highest BCUT2D eigenvalue weighted by molar-refractivity contribution is 5.89. The minimum Gasteiger partial charge on any atom is -0.463 e. The van der Waals surface area contributed by atoms with E-state index in [9.17, 15) is 9.59 Å². The Hall–Kier alpha value is -1.38. The van der Waals surface area contributed by atoms with E-state index >= 15 is 0 Å². The van der Waals surface area contributed by atoms with Gasteiger partial charge < -0.3 is 4.74 Å². The van der Waals surface area contributed by atoms with Crippen molar-refractivity contribution in [1.82, 2.24) is 0 Å². The molecule has 0 N–H and O–H groups in total. The van der Waals surface area contributed by atoms with Gasteiger partial charge in [0.15, 0.2) is 0 Å². The summed E-state index contributed by atoms with van der Waals surface area (Å²) in [7, 11) is 0. The average molecular weight is 385 g/mol. The predicted molar refractivity (Wildman–Crippen MR) is 111 cm³/mol. The smallest absolute Gasteiger partial charge is 0.330 e. The highest BCUT2D eigenvalue weighted by Crippen LogP contribution is 2.67. The largest absolute Gasteiger partial charge is 0.463 e. The maximum absolute atomic E-state index is 12.6. The molecule has 4 aliphatic rings. The molecule has 0 heterocycles. The Bertz CT molecular complexity index is 758. The van der Waals surface area contributed by atoms with Gasteiger partial charge in [0.25, 0.3) is 0 Å². The number of ketones is 1. The zero-order valence-corrected chi connectivity index (χ0v) is 18.3. The van der Waals surface area contributed by atoms with Gasteiger partial charge in [-0.15, -0.1) is 0 Å². The van der Waals surface area contributed by atoms with E-state index in [0.717, 1.165) is 32.1 Å². The first-order valence-corrected chi connectivity index (χ1v) is 11.3. The van der Waals surface area contributed by atoms with Crippen LogP contribution >= 0.6 is 0 Å². The van der Waals surface area contributed by atoms with E-state index in [1.165, 1.54) is 24.0 Å². The van der Waals surface area contributed by atoms with Crippen LogP contribution in [0.2, 0.25) is 0 Å². The lowest BCUT2D eigenvalue weighted by Crippen LogP contribution is -2.53. The standard InChI is InChI=1S/C25H36O3/c1-6-28-22(27)15-16-7-9-18-17-8-10-20-23(2,3)21(26)12-14-25(20,5)19(17)11-13-24(16,18)4/h10,15,17-19H,6-9,11-14H2,1-5H3/t17-,18-,19-,24+,25+/m0/s1. The monoisotopic (exact) mass is 384 g/mol. The molecule has 0 aromatic heterocycles. The molecule has 0 saturated heterocycles. The van der Waals surface area contributed by atoms with Crippen molar-refractivity contribution in [2.45, 2.75) is 79.6 Å². The summed E-state index contributed by atoms with van der Waals surface area (Å²) in [5, 5.41) is 0. The summed E-state index contributed by atoms with van der Waals surface area (Å²) in [4.78, 5) is 24.7. The van der Waals surface area contributed by atoms with Crippen LogP contribution in [0.4, 0.5) is 0 Å².